The van der Waals surface area contributed by atoms with E-state index in [-0.39, 0.29) is 6.10 Å². The fourth-order valence-corrected chi connectivity index (χ4v) is 2.14. The molecule has 104 valence electrons. The third-order valence-corrected chi connectivity index (χ3v) is 3.10. The van der Waals surface area contributed by atoms with Gasteiger partial charge in [-0.2, -0.15) is 0 Å². The van der Waals surface area contributed by atoms with Crippen molar-refractivity contribution in [2.75, 3.05) is 0 Å². The minimum absolute atomic E-state index is 0.172. The molecule has 0 unspecified atom stereocenters. The Morgan fingerprint density at radius 1 is 1.26 bits per heavy atom. The molecule has 0 atom stereocenters. The van der Waals surface area contributed by atoms with Gasteiger partial charge >= 0.3 is 0 Å². The Balaban J connectivity index is 2.28. The van der Waals surface area contributed by atoms with Gasteiger partial charge in [-0.15, -0.1) is 0 Å². The lowest BCUT2D eigenvalue weighted by Gasteiger charge is -2.17. The summed E-state index contributed by atoms with van der Waals surface area (Å²) in [7, 11) is 0. The van der Waals surface area contributed by atoms with Crippen LogP contribution in [0.25, 0.3) is 10.9 Å². The Morgan fingerprint density at radius 2 is 2.00 bits per heavy atom. The van der Waals surface area contributed by atoms with Crippen molar-refractivity contribution < 1.29 is 9.84 Å². The first-order valence-electron chi connectivity index (χ1n) is 6.84. The van der Waals surface area contributed by atoms with E-state index in [0.717, 1.165) is 29.6 Å². The normalized spacial score (nSPS) is 12.3. The predicted molar refractivity (Wildman–Crippen MR) is 78.6 cm³/mol. The Hall–Kier alpha value is -1.48. The lowest BCUT2D eigenvalue weighted by atomic mass is 10.1. The molecule has 0 aliphatic heterocycles. The molecule has 1 heterocycles. The zero-order valence-electron chi connectivity index (χ0n) is 12.2. The second-order valence-corrected chi connectivity index (χ2v) is 5.93. The Labute approximate surface area is 114 Å². The molecule has 19 heavy (non-hydrogen) atoms. The van der Waals surface area contributed by atoms with Crippen LogP contribution in [0.2, 0.25) is 0 Å². The molecule has 0 aliphatic carbocycles. The number of hydrogen-bond donors (Lipinski definition) is 1. The highest BCUT2D eigenvalue weighted by Gasteiger charge is 2.13. The summed E-state index contributed by atoms with van der Waals surface area (Å²) in [5.74, 6) is 0.925. The van der Waals surface area contributed by atoms with E-state index in [0.29, 0.717) is 0 Å². The zero-order valence-corrected chi connectivity index (χ0v) is 12.2. The molecule has 2 rings (SSSR count). The maximum Gasteiger partial charge on any atom is 0.129 e. The standard InChI is InChI=1S/C16H23NO2/c1-12(2)19-15-7-5-6-14-13(15)8-10-17(14)11-9-16(3,4)18/h5-8,10,12,18H,9,11H2,1-4H3. The van der Waals surface area contributed by atoms with Gasteiger partial charge in [-0.05, 0) is 52.3 Å². The Kier molecular flexibility index (Phi) is 3.85. The van der Waals surface area contributed by atoms with E-state index in [1.165, 1.54) is 0 Å². The largest absolute Gasteiger partial charge is 0.490 e. The molecule has 0 saturated carbocycles. The maximum absolute atomic E-state index is 9.82. The summed E-state index contributed by atoms with van der Waals surface area (Å²) < 4.78 is 7.99. The third kappa shape index (κ3) is 3.51. The molecule has 0 spiro atoms. The molecular weight excluding hydrogens is 238 g/mol. The van der Waals surface area contributed by atoms with Gasteiger partial charge in [0.25, 0.3) is 0 Å². The summed E-state index contributed by atoms with van der Waals surface area (Å²) in [6, 6.07) is 8.19. The topological polar surface area (TPSA) is 34.4 Å². The van der Waals surface area contributed by atoms with E-state index >= 15 is 0 Å². The van der Waals surface area contributed by atoms with Gasteiger partial charge in [0, 0.05) is 18.1 Å². The van der Waals surface area contributed by atoms with E-state index < -0.39 is 5.60 Å². The third-order valence-electron chi connectivity index (χ3n) is 3.10. The van der Waals surface area contributed by atoms with Gasteiger partial charge in [-0.3, -0.25) is 0 Å². The molecule has 0 aliphatic rings. The average Bonchev–Trinajstić information content (AvgIpc) is 2.69. The molecule has 0 bridgehead atoms. The van der Waals surface area contributed by atoms with Crippen molar-refractivity contribution in [2.45, 2.75) is 52.4 Å². The second-order valence-electron chi connectivity index (χ2n) is 5.93. The van der Waals surface area contributed by atoms with Crippen LogP contribution < -0.4 is 4.74 Å². The summed E-state index contributed by atoms with van der Waals surface area (Å²) in [5.41, 5.74) is 0.519. The number of fused-ring (bicyclic) bond motifs is 1. The number of rotatable bonds is 5. The fourth-order valence-electron chi connectivity index (χ4n) is 2.14. The minimum Gasteiger partial charge on any atom is -0.490 e. The van der Waals surface area contributed by atoms with E-state index in [1.54, 1.807) is 0 Å². The van der Waals surface area contributed by atoms with Crippen molar-refractivity contribution in [3.8, 4) is 5.75 Å². The van der Waals surface area contributed by atoms with E-state index in [9.17, 15) is 5.11 Å². The molecule has 1 N–H and O–H groups in total. The molecule has 3 heteroatoms. The number of benzene rings is 1. The maximum atomic E-state index is 9.82. The number of aromatic nitrogens is 1. The van der Waals surface area contributed by atoms with Crippen LogP contribution in [0, 0.1) is 0 Å². The molecule has 0 fully saturated rings. The molecular formula is C16H23NO2. The van der Waals surface area contributed by atoms with Crippen molar-refractivity contribution in [1.82, 2.24) is 4.57 Å². The van der Waals surface area contributed by atoms with Crippen molar-refractivity contribution >= 4 is 10.9 Å². The lowest BCUT2D eigenvalue weighted by molar-refractivity contribution is 0.0666. The van der Waals surface area contributed by atoms with Crippen molar-refractivity contribution in [3.63, 3.8) is 0 Å². The SMILES string of the molecule is CC(C)Oc1cccc2c1ccn2CCC(C)(C)O. The highest BCUT2D eigenvalue weighted by Crippen LogP contribution is 2.28. The van der Waals surface area contributed by atoms with Crippen LogP contribution in [0.1, 0.15) is 34.1 Å². The summed E-state index contributed by atoms with van der Waals surface area (Å²) in [6.45, 7) is 8.55. The number of aliphatic hydroxyl groups is 1. The molecule has 2 aromatic rings. The fraction of sp³-hybridized carbons (Fsp3) is 0.500. The number of hydrogen-bond acceptors (Lipinski definition) is 2. The van der Waals surface area contributed by atoms with Gasteiger partial charge in [0.15, 0.2) is 0 Å². The second kappa shape index (κ2) is 5.25. The first kappa shape index (κ1) is 13.9. The van der Waals surface area contributed by atoms with Gasteiger partial charge in [-0.25, -0.2) is 0 Å². The van der Waals surface area contributed by atoms with Crippen LogP contribution in [0.4, 0.5) is 0 Å². The monoisotopic (exact) mass is 261 g/mol. The van der Waals surface area contributed by atoms with Crippen LogP contribution in [-0.2, 0) is 6.54 Å². The van der Waals surface area contributed by atoms with Crippen molar-refractivity contribution in [1.29, 1.82) is 0 Å². The summed E-state index contributed by atoms with van der Waals surface area (Å²) in [5, 5.41) is 11.0. The lowest BCUT2D eigenvalue weighted by Crippen LogP contribution is -2.20. The van der Waals surface area contributed by atoms with Crippen LogP contribution in [0.3, 0.4) is 0 Å². The summed E-state index contributed by atoms with van der Waals surface area (Å²) in [4.78, 5) is 0. The highest BCUT2D eigenvalue weighted by molar-refractivity contribution is 5.86. The summed E-state index contributed by atoms with van der Waals surface area (Å²) in [6.07, 6.45) is 2.96. The van der Waals surface area contributed by atoms with Crippen LogP contribution in [0.5, 0.6) is 5.75 Å². The summed E-state index contributed by atoms with van der Waals surface area (Å²) >= 11 is 0. The first-order chi connectivity index (χ1) is 8.87. The molecule has 0 saturated heterocycles. The van der Waals surface area contributed by atoms with Gasteiger partial charge in [0.2, 0.25) is 0 Å². The number of nitrogens with zero attached hydrogens (tertiary/aromatic N) is 1. The molecule has 0 radical (unpaired) electrons. The van der Waals surface area contributed by atoms with E-state index in [1.807, 2.05) is 39.8 Å². The average molecular weight is 261 g/mol. The van der Waals surface area contributed by atoms with Gasteiger partial charge < -0.3 is 14.4 Å². The molecule has 1 aromatic carbocycles. The Bertz CT molecular complexity index is 549. The van der Waals surface area contributed by atoms with Crippen molar-refractivity contribution in [3.05, 3.63) is 30.5 Å². The number of ether oxygens (including phenoxy) is 1. The minimum atomic E-state index is -0.636. The van der Waals surface area contributed by atoms with Gasteiger partial charge in [0.1, 0.15) is 5.75 Å². The van der Waals surface area contributed by atoms with Crippen molar-refractivity contribution in [2.24, 2.45) is 0 Å². The molecule has 3 nitrogen and oxygen atoms in total. The van der Waals surface area contributed by atoms with E-state index in [2.05, 4.69) is 22.9 Å². The Morgan fingerprint density at radius 3 is 2.63 bits per heavy atom. The quantitative estimate of drug-likeness (QED) is 0.892. The molecule has 0 amide bonds. The van der Waals surface area contributed by atoms with Crippen LogP contribution >= 0.6 is 0 Å². The van der Waals surface area contributed by atoms with E-state index in [4.69, 9.17) is 4.74 Å². The number of aryl methyl sites for hydroxylation is 1. The highest BCUT2D eigenvalue weighted by atomic mass is 16.5. The van der Waals surface area contributed by atoms with Gasteiger partial charge in [0.05, 0.1) is 17.2 Å². The molecule has 1 aromatic heterocycles. The first-order valence-corrected chi connectivity index (χ1v) is 6.84. The van der Waals surface area contributed by atoms with Crippen LogP contribution in [-0.4, -0.2) is 21.4 Å². The predicted octanol–water partition coefficient (Wildman–Crippen LogP) is 3.59. The van der Waals surface area contributed by atoms with Gasteiger partial charge in [-0.1, -0.05) is 6.07 Å². The zero-order chi connectivity index (χ0) is 14.0. The van der Waals surface area contributed by atoms with Crippen LogP contribution in [0.15, 0.2) is 30.5 Å². The smallest absolute Gasteiger partial charge is 0.129 e.